The summed E-state index contributed by atoms with van der Waals surface area (Å²) >= 11 is 0. The van der Waals surface area contributed by atoms with Crippen LogP contribution in [0.4, 0.5) is 11.4 Å². The molecule has 3 aromatic carbocycles. The van der Waals surface area contributed by atoms with Crippen molar-refractivity contribution in [1.82, 2.24) is 0 Å². The van der Waals surface area contributed by atoms with Crippen molar-refractivity contribution in [3.8, 4) is 11.5 Å². The summed E-state index contributed by atoms with van der Waals surface area (Å²) in [4.78, 5) is 25.6. The third-order valence-corrected chi connectivity index (χ3v) is 5.70. The third-order valence-electron chi connectivity index (χ3n) is 5.70. The molecule has 0 aromatic heterocycles. The van der Waals surface area contributed by atoms with Crippen LogP contribution >= 0.6 is 0 Å². The van der Waals surface area contributed by atoms with Crippen molar-refractivity contribution >= 4 is 23.3 Å². The van der Waals surface area contributed by atoms with Gasteiger partial charge in [0.2, 0.25) is 0 Å². The molecule has 4 rings (SSSR count). The Labute approximate surface area is 180 Å². The summed E-state index contributed by atoms with van der Waals surface area (Å²) < 4.78 is 11.1. The lowest BCUT2D eigenvalue weighted by Gasteiger charge is -2.27. The minimum absolute atomic E-state index is 0.285. The number of nitrogen functional groups attached to an aromatic ring is 2. The van der Waals surface area contributed by atoms with E-state index < -0.39 is 11.4 Å². The molecule has 0 atom stereocenters. The standard InChI is InChI=1S/C25H24N2O4/c26-19-7-11-21(12-8-19)30-23(28)17-3-5-18(6-4-17)25(15-1-2-16-25)24(29)31-22-13-9-20(27)10-14-22/h3-14H,1-2,15-16,26-27H2. The highest BCUT2D eigenvalue weighted by atomic mass is 16.5. The van der Waals surface area contributed by atoms with Gasteiger partial charge in [-0.05, 0) is 79.1 Å². The highest BCUT2D eigenvalue weighted by Crippen LogP contribution is 2.42. The largest absolute Gasteiger partial charge is 0.426 e. The molecule has 31 heavy (non-hydrogen) atoms. The van der Waals surface area contributed by atoms with E-state index in [4.69, 9.17) is 20.9 Å². The van der Waals surface area contributed by atoms with Crippen LogP contribution in [0, 0.1) is 0 Å². The van der Waals surface area contributed by atoms with Gasteiger partial charge in [-0.25, -0.2) is 4.79 Å². The molecular weight excluding hydrogens is 392 g/mol. The van der Waals surface area contributed by atoms with Crippen LogP contribution in [-0.4, -0.2) is 11.9 Å². The molecule has 0 spiro atoms. The van der Waals surface area contributed by atoms with Gasteiger partial charge in [-0.2, -0.15) is 0 Å². The van der Waals surface area contributed by atoms with E-state index >= 15 is 0 Å². The van der Waals surface area contributed by atoms with E-state index in [9.17, 15) is 9.59 Å². The zero-order valence-corrected chi connectivity index (χ0v) is 17.0. The number of nitrogens with two attached hydrogens (primary N) is 2. The molecule has 4 N–H and O–H groups in total. The molecule has 3 aromatic rings. The maximum atomic E-state index is 13.2. The summed E-state index contributed by atoms with van der Waals surface area (Å²) in [7, 11) is 0. The van der Waals surface area contributed by atoms with Gasteiger partial charge < -0.3 is 20.9 Å². The highest BCUT2D eigenvalue weighted by molar-refractivity contribution is 5.92. The molecule has 6 nitrogen and oxygen atoms in total. The smallest absolute Gasteiger partial charge is 0.343 e. The molecule has 0 bridgehead atoms. The van der Waals surface area contributed by atoms with Crippen LogP contribution in [-0.2, 0) is 10.2 Å². The summed E-state index contributed by atoms with van der Waals surface area (Å²) in [6, 6.07) is 20.4. The van der Waals surface area contributed by atoms with E-state index in [0.717, 1.165) is 18.4 Å². The van der Waals surface area contributed by atoms with Crippen LogP contribution in [0.3, 0.4) is 0 Å². The number of benzene rings is 3. The molecule has 0 radical (unpaired) electrons. The van der Waals surface area contributed by atoms with Gasteiger partial charge in [-0.3, -0.25) is 4.79 Å². The van der Waals surface area contributed by atoms with Crippen LogP contribution in [0.15, 0.2) is 72.8 Å². The first kappa shape index (κ1) is 20.5. The van der Waals surface area contributed by atoms with E-state index in [1.807, 2.05) is 12.1 Å². The van der Waals surface area contributed by atoms with Gasteiger partial charge in [0, 0.05) is 11.4 Å². The first-order chi connectivity index (χ1) is 15.0. The van der Waals surface area contributed by atoms with Crippen LogP contribution in [0.2, 0.25) is 0 Å². The first-order valence-corrected chi connectivity index (χ1v) is 10.2. The molecule has 0 heterocycles. The van der Waals surface area contributed by atoms with Gasteiger partial charge in [-0.15, -0.1) is 0 Å². The Hall–Kier alpha value is -3.80. The molecule has 0 amide bonds. The number of ether oxygens (including phenoxy) is 2. The monoisotopic (exact) mass is 416 g/mol. The molecule has 1 saturated carbocycles. The van der Waals surface area contributed by atoms with Gasteiger partial charge in [0.05, 0.1) is 11.0 Å². The van der Waals surface area contributed by atoms with E-state index in [-0.39, 0.29) is 5.97 Å². The topological polar surface area (TPSA) is 105 Å². The van der Waals surface area contributed by atoms with Crippen molar-refractivity contribution in [3.05, 3.63) is 83.9 Å². The maximum Gasteiger partial charge on any atom is 0.343 e. The lowest BCUT2D eigenvalue weighted by molar-refractivity contribution is -0.140. The summed E-state index contributed by atoms with van der Waals surface area (Å²) in [6.45, 7) is 0. The number of anilines is 2. The van der Waals surface area contributed by atoms with Crippen molar-refractivity contribution in [3.63, 3.8) is 0 Å². The van der Waals surface area contributed by atoms with Gasteiger partial charge in [0.15, 0.2) is 0 Å². The van der Waals surface area contributed by atoms with E-state index in [1.54, 1.807) is 60.7 Å². The lowest BCUT2D eigenvalue weighted by Crippen LogP contribution is -2.36. The molecule has 1 aliphatic carbocycles. The fraction of sp³-hybridized carbons (Fsp3) is 0.200. The van der Waals surface area contributed by atoms with Crippen LogP contribution in [0.1, 0.15) is 41.6 Å². The van der Waals surface area contributed by atoms with Crippen molar-refractivity contribution < 1.29 is 19.1 Å². The third kappa shape index (κ3) is 4.38. The van der Waals surface area contributed by atoms with Crippen molar-refractivity contribution in [1.29, 1.82) is 0 Å². The Balaban J connectivity index is 1.52. The number of carbonyl (C=O) groups excluding carboxylic acids is 2. The fourth-order valence-electron chi connectivity index (χ4n) is 3.96. The van der Waals surface area contributed by atoms with Crippen LogP contribution < -0.4 is 20.9 Å². The van der Waals surface area contributed by atoms with Gasteiger partial charge in [0.25, 0.3) is 0 Å². The summed E-state index contributed by atoms with van der Waals surface area (Å²) in [5.74, 6) is 0.130. The van der Waals surface area contributed by atoms with E-state index in [1.165, 1.54) is 0 Å². The molecule has 0 aliphatic heterocycles. The number of hydrogen-bond acceptors (Lipinski definition) is 6. The molecule has 6 heteroatoms. The predicted molar refractivity (Wildman–Crippen MR) is 119 cm³/mol. The fourth-order valence-corrected chi connectivity index (χ4v) is 3.96. The number of rotatable bonds is 5. The van der Waals surface area contributed by atoms with Crippen LogP contribution in [0.25, 0.3) is 0 Å². The summed E-state index contributed by atoms with van der Waals surface area (Å²) in [5, 5.41) is 0. The average molecular weight is 416 g/mol. The van der Waals surface area contributed by atoms with Gasteiger partial charge in [-0.1, -0.05) is 25.0 Å². The van der Waals surface area contributed by atoms with E-state index in [0.29, 0.717) is 41.3 Å². The number of carbonyl (C=O) groups is 2. The van der Waals surface area contributed by atoms with Crippen molar-refractivity contribution in [2.24, 2.45) is 0 Å². The number of esters is 2. The van der Waals surface area contributed by atoms with Gasteiger partial charge in [0.1, 0.15) is 11.5 Å². The number of hydrogen-bond donors (Lipinski definition) is 2. The summed E-state index contributed by atoms with van der Waals surface area (Å²) in [5.41, 5.74) is 13.1. The molecule has 1 aliphatic rings. The van der Waals surface area contributed by atoms with Crippen LogP contribution in [0.5, 0.6) is 11.5 Å². The quantitative estimate of drug-likeness (QED) is 0.361. The minimum atomic E-state index is -0.721. The maximum absolute atomic E-state index is 13.2. The van der Waals surface area contributed by atoms with Crippen molar-refractivity contribution in [2.45, 2.75) is 31.1 Å². The van der Waals surface area contributed by atoms with E-state index in [2.05, 4.69) is 0 Å². The molecule has 0 saturated heterocycles. The second kappa shape index (κ2) is 8.52. The first-order valence-electron chi connectivity index (χ1n) is 10.2. The van der Waals surface area contributed by atoms with Crippen molar-refractivity contribution in [2.75, 3.05) is 11.5 Å². The summed E-state index contributed by atoms with van der Waals surface area (Å²) in [6.07, 6.45) is 3.29. The molecular formula is C25H24N2O4. The Kier molecular flexibility index (Phi) is 5.62. The zero-order valence-electron chi connectivity index (χ0n) is 17.0. The Morgan fingerprint density at radius 1 is 0.677 bits per heavy atom. The Bertz CT molecular complexity index is 1070. The SMILES string of the molecule is Nc1ccc(OC(=O)c2ccc(C3(C(=O)Oc4ccc(N)cc4)CCCC3)cc2)cc1. The molecule has 1 fully saturated rings. The predicted octanol–water partition coefficient (Wildman–Crippen LogP) is 4.49. The van der Waals surface area contributed by atoms with Gasteiger partial charge >= 0.3 is 11.9 Å². The molecule has 158 valence electrons. The normalized spacial score (nSPS) is 14.7. The minimum Gasteiger partial charge on any atom is -0.426 e. The zero-order chi connectivity index (χ0) is 21.8. The highest BCUT2D eigenvalue weighted by Gasteiger charge is 2.44. The second-order valence-electron chi connectivity index (χ2n) is 7.78. The molecule has 0 unspecified atom stereocenters. The Morgan fingerprint density at radius 2 is 1.16 bits per heavy atom. The lowest BCUT2D eigenvalue weighted by atomic mass is 9.78. The average Bonchev–Trinajstić information content (AvgIpc) is 3.28. The second-order valence-corrected chi connectivity index (χ2v) is 7.78. The Morgan fingerprint density at radius 3 is 1.68 bits per heavy atom.